The van der Waals surface area contributed by atoms with E-state index in [4.69, 9.17) is 11.6 Å². The molecule has 0 aliphatic rings. The van der Waals surface area contributed by atoms with E-state index in [0.717, 1.165) is 9.64 Å². The largest absolute Gasteiger partial charge is 0.321 e. The van der Waals surface area contributed by atoms with Crippen molar-refractivity contribution >= 4 is 51.5 Å². The average molecular weight is 403 g/mol. The Hall–Kier alpha value is -1.67. The van der Waals surface area contributed by atoms with Gasteiger partial charge in [0, 0.05) is 15.7 Å². The van der Waals surface area contributed by atoms with Gasteiger partial charge in [0.25, 0.3) is 11.6 Å². The van der Waals surface area contributed by atoms with Crippen LogP contribution in [0.4, 0.5) is 11.4 Å². The molecule has 0 heterocycles. The van der Waals surface area contributed by atoms with Gasteiger partial charge in [-0.15, -0.1) is 0 Å². The molecule has 102 valence electrons. The number of hydrogen-bond acceptors (Lipinski definition) is 3. The van der Waals surface area contributed by atoms with Crippen molar-refractivity contribution < 1.29 is 9.72 Å². The number of carbonyl (C=O) groups is 1. The van der Waals surface area contributed by atoms with Gasteiger partial charge in [-0.25, -0.2) is 0 Å². The van der Waals surface area contributed by atoms with Gasteiger partial charge in [-0.1, -0.05) is 23.7 Å². The number of amides is 1. The molecule has 0 fully saturated rings. The van der Waals surface area contributed by atoms with Crippen LogP contribution in [0.1, 0.15) is 10.4 Å². The highest BCUT2D eigenvalue weighted by molar-refractivity contribution is 14.1. The highest BCUT2D eigenvalue weighted by Crippen LogP contribution is 2.24. The maximum absolute atomic E-state index is 12.1. The van der Waals surface area contributed by atoms with E-state index in [2.05, 4.69) is 27.9 Å². The van der Waals surface area contributed by atoms with E-state index in [1.165, 1.54) is 12.1 Å². The van der Waals surface area contributed by atoms with Crippen molar-refractivity contribution in [1.82, 2.24) is 0 Å². The minimum Gasteiger partial charge on any atom is -0.321 e. The van der Waals surface area contributed by atoms with E-state index in [1.807, 2.05) is 12.1 Å². The first-order chi connectivity index (χ1) is 9.49. The van der Waals surface area contributed by atoms with Gasteiger partial charge >= 0.3 is 0 Å². The molecule has 0 radical (unpaired) electrons. The normalized spacial score (nSPS) is 10.1. The lowest BCUT2D eigenvalue weighted by molar-refractivity contribution is -0.384. The second-order valence-corrected chi connectivity index (χ2v) is 5.42. The molecule has 5 nitrogen and oxygen atoms in total. The number of halogens is 2. The van der Waals surface area contributed by atoms with Crippen molar-refractivity contribution in [3.63, 3.8) is 0 Å². The first-order valence-electron chi connectivity index (χ1n) is 5.49. The topological polar surface area (TPSA) is 72.2 Å². The van der Waals surface area contributed by atoms with Gasteiger partial charge in [-0.05, 0) is 40.8 Å². The van der Waals surface area contributed by atoms with Crippen LogP contribution in [0.15, 0.2) is 42.5 Å². The summed E-state index contributed by atoms with van der Waals surface area (Å²) in [5.74, 6) is -0.408. The van der Waals surface area contributed by atoms with Crippen LogP contribution in [0.2, 0.25) is 5.02 Å². The highest BCUT2D eigenvalue weighted by Gasteiger charge is 2.15. The molecule has 20 heavy (non-hydrogen) atoms. The van der Waals surface area contributed by atoms with Gasteiger partial charge in [0.1, 0.15) is 0 Å². The van der Waals surface area contributed by atoms with E-state index in [-0.39, 0.29) is 16.3 Å². The number of nitrogens with one attached hydrogen (secondary N) is 1. The molecule has 0 aliphatic carbocycles. The zero-order chi connectivity index (χ0) is 14.7. The van der Waals surface area contributed by atoms with Crippen LogP contribution >= 0.6 is 34.2 Å². The van der Waals surface area contributed by atoms with Gasteiger partial charge < -0.3 is 5.32 Å². The van der Waals surface area contributed by atoms with Crippen LogP contribution in [-0.2, 0) is 0 Å². The lowest BCUT2D eigenvalue weighted by atomic mass is 10.2. The smallest absolute Gasteiger partial charge is 0.270 e. The van der Waals surface area contributed by atoms with E-state index >= 15 is 0 Å². The Balaban J connectivity index is 2.26. The SMILES string of the molecule is O=C(Nc1ccccc1I)c1ccc([N+](=O)[O-])cc1Cl. The van der Waals surface area contributed by atoms with Crippen LogP contribution in [0.3, 0.4) is 0 Å². The van der Waals surface area contributed by atoms with Crippen LogP contribution in [0.25, 0.3) is 0 Å². The first kappa shape index (κ1) is 14.7. The summed E-state index contributed by atoms with van der Waals surface area (Å²) in [5.41, 5.74) is 0.699. The molecule has 0 unspecified atom stereocenters. The van der Waals surface area contributed by atoms with Crippen LogP contribution in [0, 0.1) is 13.7 Å². The lowest BCUT2D eigenvalue weighted by Crippen LogP contribution is -2.13. The summed E-state index contributed by atoms with van der Waals surface area (Å²) in [5, 5.41) is 13.4. The second kappa shape index (κ2) is 6.19. The fraction of sp³-hybridized carbons (Fsp3) is 0. The number of carbonyl (C=O) groups excluding carboxylic acids is 1. The van der Waals surface area contributed by atoms with Crippen molar-refractivity contribution in [1.29, 1.82) is 0 Å². The maximum Gasteiger partial charge on any atom is 0.270 e. The van der Waals surface area contributed by atoms with Gasteiger partial charge in [0.15, 0.2) is 0 Å². The van der Waals surface area contributed by atoms with Gasteiger partial charge in [-0.2, -0.15) is 0 Å². The third-order valence-corrected chi connectivity index (χ3v) is 3.78. The molecule has 0 bridgehead atoms. The zero-order valence-electron chi connectivity index (χ0n) is 9.97. The number of nitro benzene ring substituents is 1. The lowest BCUT2D eigenvalue weighted by Gasteiger charge is -2.08. The quantitative estimate of drug-likeness (QED) is 0.477. The molecule has 1 amide bonds. The van der Waals surface area contributed by atoms with Crippen molar-refractivity contribution in [2.45, 2.75) is 0 Å². The molecular formula is C13H8ClIN2O3. The average Bonchev–Trinajstić information content (AvgIpc) is 2.41. The van der Waals surface area contributed by atoms with Gasteiger partial charge in [0.2, 0.25) is 0 Å². The summed E-state index contributed by atoms with van der Waals surface area (Å²) in [6.07, 6.45) is 0. The first-order valence-corrected chi connectivity index (χ1v) is 6.94. The third kappa shape index (κ3) is 3.26. The number of nitro groups is 1. The summed E-state index contributed by atoms with van der Waals surface area (Å²) in [6.45, 7) is 0. The zero-order valence-corrected chi connectivity index (χ0v) is 12.9. The standard InChI is InChI=1S/C13H8ClIN2O3/c14-10-7-8(17(19)20)5-6-9(10)13(18)16-12-4-2-1-3-11(12)15/h1-7H,(H,16,18). The summed E-state index contributed by atoms with van der Waals surface area (Å²) >= 11 is 8.01. The number of nitrogens with zero attached hydrogens (tertiary/aromatic N) is 1. The number of rotatable bonds is 3. The third-order valence-electron chi connectivity index (χ3n) is 2.53. The minimum absolute atomic E-state index is 0.0441. The fourth-order valence-electron chi connectivity index (χ4n) is 1.55. The molecule has 0 saturated carbocycles. The Morgan fingerprint density at radius 2 is 1.95 bits per heavy atom. The van der Waals surface area contributed by atoms with Crippen molar-refractivity contribution in [3.8, 4) is 0 Å². The number of para-hydroxylation sites is 1. The maximum atomic E-state index is 12.1. The van der Waals surface area contributed by atoms with Crippen molar-refractivity contribution in [3.05, 3.63) is 66.7 Å². The number of hydrogen-bond donors (Lipinski definition) is 1. The van der Waals surface area contributed by atoms with Crippen LogP contribution < -0.4 is 5.32 Å². The number of benzene rings is 2. The molecule has 0 saturated heterocycles. The van der Waals surface area contributed by atoms with Crippen molar-refractivity contribution in [2.24, 2.45) is 0 Å². The van der Waals surface area contributed by atoms with E-state index in [0.29, 0.717) is 5.69 Å². The molecule has 0 spiro atoms. The van der Waals surface area contributed by atoms with Crippen LogP contribution in [0.5, 0.6) is 0 Å². The summed E-state index contributed by atoms with van der Waals surface area (Å²) in [6, 6.07) is 11.0. The van der Waals surface area contributed by atoms with Gasteiger partial charge in [-0.3, -0.25) is 14.9 Å². The predicted molar refractivity (Wildman–Crippen MR) is 85.2 cm³/mol. The van der Waals surface area contributed by atoms with E-state index in [9.17, 15) is 14.9 Å². The summed E-state index contributed by atoms with van der Waals surface area (Å²) < 4.78 is 0.886. The summed E-state index contributed by atoms with van der Waals surface area (Å²) in [7, 11) is 0. The number of non-ortho nitro benzene ring substituents is 1. The Morgan fingerprint density at radius 3 is 2.55 bits per heavy atom. The Kier molecular flexibility index (Phi) is 4.56. The fourth-order valence-corrected chi connectivity index (χ4v) is 2.34. The predicted octanol–water partition coefficient (Wildman–Crippen LogP) is 4.11. The monoisotopic (exact) mass is 402 g/mol. The highest BCUT2D eigenvalue weighted by atomic mass is 127. The molecule has 1 N–H and O–H groups in total. The Bertz CT molecular complexity index is 691. The molecule has 0 aromatic heterocycles. The molecule has 2 rings (SSSR count). The Morgan fingerprint density at radius 1 is 1.25 bits per heavy atom. The second-order valence-electron chi connectivity index (χ2n) is 3.86. The molecular weight excluding hydrogens is 395 g/mol. The van der Waals surface area contributed by atoms with Crippen molar-refractivity contribution in [2.75, 3.05) is 5.32 Å². The number of anilines is 1. The van der Waals surface area contributed by atoms with Gasteiger partial charge in [0.05, 0.1) is 21.2 Å². The van der Waals surface area contributed by atoms with E-state index < -0.39 is 10.8 Å². The Labute approximate surface area is 133 Å². The molecule has 0 atom stereocenters. The van der Waals surface area contributed by atoms with Crippen LogP contribution in [-0.4, -0.2) is 10.8 Å². The minimum atomic E-state index is -0.562. The molecule has 2 aromatic carbocycles. The van der Waals surface area contributed by atoms with E-state index in [1.54, 1.807) is 12.1 Å². The molecule has 2 aromatic rings. The molecule has 0 aliphatic heterocycles. The summed E-state index contributed by atoms with van der Waals surface area (Å²) in [4.78, 5) is 22.2. The molecule has 7 heteroatoms.